The highest BCUT2D eigenvalue weighted by Crippen LogP contribution is 2.25. The molecule has 32 heavy (non-hydrogen) atoms. The van der Waals surface area contributed by atoms with Crippen LogP contribution in [0.3, 0.4) is 0 Å². The third kappa shape index (κ3) is 7.24. The van der Waals surface area contributed by atoms with E-state index in [1.54, 1.807) is 5.01 Å². The maximum absolute atomic E-state index is 12.4. The van der Waals surface area contributed by atoms with Crippen molar-refractivity contribution in [1.82, 2.24) is 10.3 Å². The fourth-order valence-electron chi connectivity index (χ4n) is 3.26. The van der Waals surface area contributed by atoms with Crippen molar-refractivity contribution < 1.29 is 32.8 Å². The predicted octanol–water partition coefficient (Wildman–Crippen LogP) is 2.44. The Morgan fingerprint density at radius 3 is 2.66 bits per heavy atom. The number of halogens is 3. The van der Waals surface area contributed by atoms with Crippen LogP contribution in [0.25, 0.3) is 0 Å². The Kier molecular flexibility index (Phi) is 7.70. The highest BCUT2D eigenvalue weighted by atomic mass is 19.4. The second kappa shape index (κ2) is 10.5. The molecule has 2 aromatic carbocycles. The number of rotatable bonds is 9. The van der Waals surface area contributed by atoms with Gasteiger partial charge in [-0.05, 0) is 29.7 Å². The summed E-state index contributed by atoms with van der Waals surface area (Å²) in [5, 5.41) is 31.6. The smallest absolute Gasteiger partial charge is 0.426 e. The average Bonchev–Trinajstić information content (AvgIpc) is 3.20. The monoisotopic (exact) mass is 450 g/mol. The zero-order chi connectivity index (χ0) is 23.1. The quantitative estimate of drug-likeness (QED) is 0.509. The van der Waals surface area contributed by atoms with Crippen molar-refractivity contribution in [2.75, 3.05) is 13.1 Å². The molecule has 0 radical (unpaired) electrons. The second-order valence-electron chi connectivity index (χ2n) is 7.28. The highest BCUT2D eigenvalue weighted by molar-refractivity contribution is 6.43. The van der Waals surface area contributed by atoms with Gasteiger partial charge in [-0.15, -0.1) is 13.2 Å². The van der Waals surface area contributed by atoms with Gasteiger partial charge in [-0.3, -0.25) is 9.80 Å². The van der Waals surface area contributed by atoms with Crippen molar-refractivity contribution in [2.24, 2.45) is 10.3 Å². The van der Waals surface area contributed by atoms with Crippen LogP contribution in [0.5, 0.6) is 5.75 Å². The van der Waals surface area contributed by atoms with Crippen molar-refractivity contribution in [2.45, 2.75) is 31.2 Å². The van der Waals surface area contributed by atoms with E-state index in [2.05, 4.69) is 20.4 Å². The Balaban J connectivity index is 1.49. The van der Waals surface area contributed by atoms with Crippen molar-refractivity contribution in [3.8, 4) is 5.75 Å². The van der Waals surface area contributed by atoms with Gasteiger partial charge in [0.2, 0.25) is 5.91 Å². The van der Waals surface area contributed by atoms with Gasteiger partial charge in [0.15, 0.2) is 0 Å². The molecule has 0 bridgehead atoms. The molecule has 1 aliphatic rings. The molecule has 170 valence electrons. The summed E-state index contributed by atoms with van der Waals surface area (Å²) in [4.78, 5) is 12.3. The zero-order valence-electron chi connectivity index (χ0n) is 16.9. The first-order valence-corrected chi connectivity index (χ1v) is 9.90. The summed E-state index contributed by atoms with van der Waals surface area (Å²) in [6.45, 7) is 0.803. The van der Waals surface area contributed by atoms with Gasteiger partial charge in [0.25, 0.3) is 0 Å². The Morgan fingerprint density at radius 1 is 1.22 bits per heavy atom. The lowest BCUT2D eigenvalue weighted by Crippen LogP contribution is -2.48. The van der Waals surface area contributed by atoms with Crippen LogP contribution >= 0.6 is 0 Å². The van der Waals surface area contributed by atoms with Crippen LogP contribution in [-0.2, 0) is 11.2 Å². The van der Waals surface area contributed by atoms with E-state index >= 15 is 0 Å². The molecule has 12 heteroatoms. The van der Waals surface area contributed by atoms with Crippen LogP contribution in [0.1, 0.15) is 23.6 Å². The van der Waals surface area contributed by atoms with E-state index in [-0.39, 0.29) is 25.4 Å². The number of alkyl halides is 3. The summed E-state index contributed by atoms with van der Waals surface area (Å²) < 4.78 is 41.0. The topological polar surface area (TPSA) is 107 Å². The number of carbonyl (C=O) groups is 1. The minimum atomic E-state index is -4.84. The molecule has 2 atom stereocenters. The standard InChI is InChI=1S/C20H22BF3N4O4/c22-20(23,24)32-16-8-4-5-14(11-16)12-18(21(30)31)25-19(29)9-10-28-13-17(26-27-28)15-6-2-1-3-7-15/h1-8,11,17-18,30-31H,9-10,12-13H2,(H,25,29). The van der Waals surface area contributed by atoms with Crippen molar-refractivity contribution >= 4 is 13.0 Å². The van der Waals surface area contributed by atoms with Crippen LogP contribution < -0.4 is 10.1 Å². The number of nitrogens with zero attached hydrogens (tertiary/aromatic N) is 3. The Bertz CT molecular complexity index is 931. The lowest BCUT2D eigenvalue weighted by Gasteiger charge is -2.19. The molecule has 8 nitrogen and oxygen atoms in total. The summed E-state index contributed by atoms with van der Waals surface area (Å²) in [5.74, 6) is -2.00. The van der Waals surface area contributed by atoms with Gasteiger partial charge in [0.05, 0.1) is 12.5 Å². The Morgan fingerprint density at radius 2 is 1.97 bits per heavy atom. The normalized spacial score (nSPS) is 16.7. The van der Waals surface area contributed by atoms with E-state index in [1.807, 2.05) is 30.3 Å². The van der Waals surface area contributed by atoms with Crippen LogP contribution in [0.15, 0.2) is 64.9 Å². The van der Waals surface area contributed by atoms with Crippen molar-refractivity contribution in [1.29, 1.82) is 0 Å². The number of benzene rings is 2. The molecular weight excluding hydrogens is 428 g/mol. The summed E-state index contributed by atoms with van der Waals surface area (Å²) in [7, 11) is -1.90. The Hall–Kier alpha value is -3.12. The highest BCUT2D eigenvalue weighted by Gasteiger charge is 2.31. The average molecular weight is 450 g/mol. The molecule has 1 amide bonds. The third-order valence-corrected chi connectivity index (χ3v) is 4.78. The van der Waals surface area contributed by atoms with Gasteiger partial charge in [0, 0.05) is 13.0 Å². The SMILES string of the molecule is O=C(CCN1CC(c2ccccc2)N=N1)NC(Cc1cccc(OC(F)(F)F)c1)B(O)O. The van der Waals surface area contributed by atoms with Crippen molar-refractivity contribution in [3.63, 3.8) is 0 Å². The number of carbonyl (C=O) groups excluding carboxylic acids is 1. The summed E-state index contributed by atoms with van der Waals surface area (Å²) in [5.41, 5.74) is 1.35. The van der Waals surface area contributed by atoms with Gasteiger partial charge in [0.1, 0.15) is 11.8 Å². The van der Waals surface area contributed by atoms with Gasteiger partial charge < -0.3 is 20.1 Å². The summed E-state index contributed by atoms with van der Waals surface area (Å²) >= 11 is 0. The van der Waals surface area contributed by atoms with Gasteiger partial charge in [-0.2, -0.15) is 5.11 Å². The number of hydrogen-bond donors (Lipinski definition) is 3. The molecule has 0 saturated heterocycles. The van der Waals surface area contributed by atoms with E-state index in [9.17, 15) is 28.0 Å². The first-order chi connectivity index (χ1) is 15.2. The maximum Gasteiger partial charge on any atom is 0.573 e. The van der Waals surface area contributed by atoms with E-state index in [0.29, 0.717) is 12.1 Å². The third-order valence-electron chi connectivity index (χ3n) is 4.78. The molecule has 0 fully saturated rings. The lowest BCUT2D eigenvalue weighted by atomic mass is 9.76. The number of hydrogen-bond acceptors (Lipinski definition) is 7. The van der Waals surface area contributed by atoms with Gasteiger partial charge in [-0.1, -0.05) is 47.7 Å². The van der Waals surface area contributed by atoms with Crippen LogP contribution in [-0.4, -0.2) is 53.5 Å². The first kappa shape index (κ1) is 23.5. The first-order valence-electron chi connectivity index (χ1n) is 9.90. The largest absolute Gasteiger partial charge is 0.573 e. The molecule has 1 heterocycles. The minimum absolute atomic E-state index is 0.0287. The van der Waals surface area contributed by atoms with Gasteiger partial charge in [-0.25, -0.2) is 0 Å². The maximum atomic E-state index is 12.4. The molecule has 0 aromatic heterocycles. The number of amides is 1. The molecule has 3 N–H and O–H groups in total. The Labute approximate surface area is 182 Å². The van der Waals surface area contributed by atoms with Crippen LogP contribution in [0, 0.1) is 0 Å². The fraction of sp³-hybridized carbons (Fsp3) is 0.350. The van der Waals surface area contributed by atoms with Crippen LogP contribution in [0.2, 0.25) is 0 Å². The molecule has 0 aliphatic carbocycles. The number of ether oxygens (including phenoxy) is 1. The predicted molar refractivity (Wildman–Crippen MR) is 109 cm³/mol. The van der Waals surface area contributed by atoms with E-state index in [0.717, 1.165) is 17.7 Å². The van der Waals surface area contributed by atoms with Gasteiger partial charge >= 0.3 is 13.5 Å². The molecule has 0 spiro atoms. The zero-order valence-corrected chi connectivity index (χ0v) is 16.9. The molecule has 3 rings (SSSR count). The molecule has 0 saturated carbocycles. The van der Waals surface area contributed by atoms with E-state index < -0.39 is 31.1 Å². The molecule has 2 unspecified atom stereocenters. The summed E-state index contributed by atoms with van der Waals surface area (Å²) in [6, 6.07) is 14.6. The summed E-state index contributed by atoms with van der Waals surface area (Å²) in [6.07, 6.45) is -4.91. The van der Waals surface area contributed by atoms with Crippen molar-refractivity contribution in [3.05, 3.63) is 65.7 Å². The minimum Gasteiger partial charge on any atom is -0.426 e. The number of nitrogens with one attached hydrogen (secondary N) is 1. The molecule has 2 aromatic rings. The van der Waals surface area contributed by atoms with E-state index in [4.69, 9.17) is 0 Å². The van der Waals surface area contributed by atoms with E-state index in [1.165, 1.54) is 12.1 Å². The fourth-order valence-corrected chi connectivity index (χ4v) is 3.26. The molecule has 1 aliphatic heterocycles. The second-order valence-corrected chi connectivity index (χ2v) is 7.28. The molecular formula is C20H22BF3N4O4. The van der Waals surface area contributed by atoms with Crippen LogP contribution in [0.4, 0.5) is 13.2 Å². The lowest BCUT2D eigenvalue weighted by molar-refractivity contribution is -0.274.